The van der Waals surface area contributed by atoms with Gasteiger partial charge in [0.1, 0.15) is 0 Å². The topological polar surface area (TPSA) is 54.3 Å². The highest BCUT2D eigenvalue weighted by Gasteiger charge is 2.20. The van der Waals surface area contributed by atoms with Gasteiger partial charge in [0.2, 0.25) is 0 Å². The van der Waals surface area contributed by atoms with E-state index in [-0.39, 0.29) is 0 Å². The molecular weight excluding hydrogens is 334 g/mol. The van der Waals surface area contributed by atoms with Crippen LogP contribution in [0.1, 0.15) is 41.9 Å². The van der Waals surface area contributed by atoms with Gasteiger partial charge in [0.25, 0.3) is 0 Å². The average molecular weight is 357 g/mol. The fourth-order valence-corrected chi connectivity index (χ4v) is 4.06. The van der Waals surface area contributed by atoms with E-state index in [4.69, 9.17) is 4.98 Å². The minimum atomic E-state index is 0.849. The molecule has 1 aromatic carbocycles. The highest BCUT2D eigenvalue weighted by atomic mass is 15.1. The minimum absolute atomic E-state index is 0.849. The number of aromatic nitrogens is 3. The summed E-state index contributed by atoms with van der Waals surface area (Å²) in [7, 11) is 0. The Labute approximate surface area is 159 Å². The van der Waals surface area contributed by atoms with E-state index in [2.05, 4.69) is 44.1 Å². The molecule has 3 aromatic rings. The number of hydrogen-bond acceptors (Lipinski definition) is 5. The lowest BCUT2D eigenvalue weighted by molar-refractivity contribution is 0.243. The van der Waals surface area contributed by atoms with Gasteiger partial charge in [-0.3, -0.25) is 14.9 Å². The van der Waals surface area contributed by atoms with Gasteiger partial charge < -0.3 is 0 Å². The second-order valence-electron chi connectivity index (χ2n) is 7.40. The zero-order valence-corrected chi connectivity index (χ0v) is 15.4. The van der Waals surface area contributed by atoms with Crippen LogP contribution in [0, 0.1) is 0 Å². The van der Waals surface area contributed by atoms with E-state index in [9.17, 15) is 0 Å². The van der Waals surface area contributed by atoms with E-state index < -0.39 is 0 Å². The Morgan fingerprint density at radius 2 is 1.96 bits per heavy atom. The lowest BCUT2D eigenvalue weighted by Gasteiger charge is -2.28. The molecular formula is C22H23N5. The summed E-state index contributed by atoms with van der Waals surface area (Å²) in [6.45, 7) is 3.77. The third kappa shape index (κ3) is 3.35. The van der Waals surface area contributed by atoms with Crippen molar-refractivity contribution >= 4 is 16.6 Å². The molecule has 2 aromatic heterocycles. The Morgan fingerprint density at radius 3 is 2.89 bits per heavy atom. The molecule has 27 heavy (non-hydrogen) atoms. The van der Waals surface area contributed by atoms with Crippen molar-refractivity contribution in [3.8, 4) is 0 Å². The Kier molecular flexibility index (Phi) is 4.38. The zero-order valence-electron chi connectivity index (χ0n) is 15.4. The molecule has 0 spiro atoms. The van der Waals surface area contributed by atoms with Gasteiger partial charge in [0.15, 0.2) is 5.82 Å². The maximum absolute atomic E-state index is 4.85. The fraction of sp³-hybridized carbons (Fsp3) is 0.364. The third-order valence-corrected chi connectivity index (χ3v) is 5.53. The summed E-state index contributed by atoms with van der Waals surface area (Å²) in [5.74, 6) is 0.849. The SMILES string of the molecule is c1ccc2c(CN3CCc4nc(C5=NCCCC5)ncc4C3)ccnc2c1. The molecule has 5 rings (SSSR count). The van der Waals surface area contributed by atoms with E-state index >= 15 is 0 Å². The van der Waals surface area contributed by atoms with Gasteiger partial charge in [-0.15, -0.1) is 0 Å². The summed E-state index contributed by atoms with van der Waals surface area (Å²) < 4.78 is 0. The largest absolute Gasteiger partial charge is 0.294 e. The molecule has 5 heteroatoms. The molecule has 0 fully saturated rings. The van der Waals surface area contributed by atoms with Crippen LogP contribution >= 0.6 is 0 Å². The van der Waals surface area contributed by atoms with E-state index in [1.807, 2.05) is 18.5 Å². The first kappa shape index (κ1) is 16.5. The Balaban J connectivity index is 1.36. The lowest BCUT2D eigenvalue weighted by atomic mass is 10.0. The van der Waals surface area contributed by atoms with Gasteiger partial charge in [-0.05, 0) is 37.0 Å². The van der Waals surface area contributed by atoms with Crippen LogP contribution in [0.5, 0.6) is 0 Å². The number of fused-ring (bicyclic) bond motifs is 2. The van der Waals surface area contributed by atoms with Crippen LogP contribution in [0.25, 0.3) is 10.9 Å². The number of benzene rings is 1. The van der Waals surface area contributed by atoms with Crippen molar-refractivity contribution < 1.29 is 0 Å². The summed E-state index contributed by atoms with van der Waals surface area (Å²) in [6, 6.07) is 10.5. The summed E-state index contributed by atoms with van der Waals surface area (Å²) >= 11 is 0. The Morgan fingerprint density at radius 1 is 1.00 bits per heavy atom. The van der Waals surface area contributed by atoms with Gasteiger partial charge in [-0.2, -0.15) is 0 Å². The Bertz CT molecular complexity index is 1010. The smallest absolute Gasteiger partial charge is 0.173 e. The highest BCUT2D eigenvalue weighted by molar-refractivity contribution is 5.97. The predicted octanol–water partition coefficient (Wildman–Crippen LogP) is 3.56. The molecule has 2 aliphatic rings. The zero-order chi connectivity index (χ0) is 18.1. The van der Waals surface area contributed by atoms with Gasteiger partial charge in [0, 0.05) is 55.9 Å². The number of rotatable bonds is 3. The number of aliphatic imine (C=N–C) groups is 1. The number of pyridine rings is 1. The van der Waals surface area contributed by atoms with Crippen molar-refractivity contribution in [2.75, 3.05) is 13.1 Å². The quantitative estimate of drug-likeness (QED) is 0.719. The summed E-state index contributed by atoms with van der Waals surface area (Å²) in [5.41, 5.74) is 5.94. The summed E-state index contributed by atoms with van der Waals surface area (Å²) in [4.78, 5) is 21.1. The highest BCUT2D eigenvalue weighted by Crippen LogP contribution is 2.23. The van der Waals surface area contributed by atoms with Gasteiger partial charge in [-0.25, -0.2) is 9.97 Å². The second-order valence-corrected chi connectivity index (χ2v) is 7.40. The number of nitrogens with zero attached hydrogens (tertiary/aromatic N) is 5. The molecule has 0 bridgehead atoms. The van der Waals surface area contributed by atoms with Crippen molar-refractivity contribution in [1.82, 2.24) is 19.9 Å². The normalized spacial score (nSPS) is 17.6. The molecule has 0 atom stereocenters. The standard InChI is InChI=1S/C22H23N5/c1-2-6-20-18(5-1)16(8-11-24-20)14-27-12-9-19-17(15-27)13-25-22(26-19)21-7-3-4-10-23-21/h1-2,5-6,8,11,13H,3-4,7,9-10,12,14-15H2. The monoisotopic (exact) mass is 357 g/mol. The molecule has 0 aliphatic carbocycles. The van der Waals surface area contributed by atoms with Crippen LogP contribution in [0.4, 0.5) is 0 Å². The molecule has 0 N–H and O–H groups in total. The van der Waals surface area contributed by atoms with Crippen LogP contribution in [0.2, 0.25) is 0 Å². The number of para-hydroxylation sites is 1. The lowest BCUT2D eigenvalue weighted by Crippen LogP contribution is -2.31. The first-order valence-electron chi connectivity index (χ1n) is 9.80. The number of hydrogen-bond donors (Lipinski definition) is 0. The first-order chi connectivity index (χ1) is 13.4. The molecule has 0 radical (unpaired) electrons. The Hall–Kier alpha value is -2.66. The summed E-state index contributed by atoms with van der Waals surface area (Å²) in [5, 5.41) is 1.24. The van der Waals surface area contributed by atoms with Crippen LogP contribution in [0.15, 0.2) is 47.7 Å². The fourth-order valence-electron chi connectivity index (χ4n) is 4.06. The van der Waals surface area contributed by atoms with Crippen molar-refractivity contribution in [1.29, 1.82) is 0 Å². The van der Waals surface area contributed by atoms with Gasteiger partial charge >= 0.3 is 0 Å². The molecule has 0 unspecified atom stereocenters. The molecule has 0 saturated heterocycles. The van der Waals surface area contributed by atoms with Crippen molar-refractivity contribution in [2.24, 2.45) is 4.99 Å². The second kappa shape index (κ2) is 7.16. The van der Waals surface area contributed by atoms with Crippen molar-refractivity contribution in [2.45, 2.75) is 38.8 Å². The van der Waals surface area contributed by atoms with E-state index in [0.717, 1.165) is 56.1 Å². The van der Waals surface area contributed by atoms with E-state index in [1.54, 1.807) is 0 Å². The van der Waals surface area contributed by atoms with Crippen LogP contribution in [0.3, 0.4) is 0 Å². The molecule has 136 valence electrons. The van der Waals surface area contributed by atoms with Crippen molar-refractivity contribution in [3.05, 3.63) is 65.4 Å². The average Bonchev–Trinajstić information content (AvgIpc) is 2.74. The van der Waals surface area contributed by atoms with Gasteiger partial charge in [0.05, 0.1) is 16.9 Å². The molecule has 4 heterocycles. The maximum Gasteiger partial charge on any atom is 0.173 e. The van der Waals surface area contributed by atoms with Crippen LogP contribution < -0.4 is 0 Å². The van der Waals surface area contributed by atoms with E-state index in [1.165, 1.54) is 35.0 Å². The molecule has 0 saturated carbocycles. The molecule has 2 aliphatic heterocycles. The third-order valence-electron chi connectivity index (χ3n) is 5.53. The van der Waals surface area contributed by atoms with Gasteiger partial charge in [-0.1, -0.05) is 18.2 Å². The molecule has 5 nitrogen and oxygen atoms in total. The van der Waals surface area contributed by atoms with Crippen LogP contribution in [-0.2, 0) is 19.5 Å². The van der Waals surface area contributed by atoms with E-state index in [0.29, 0.717) is 0 Å². The maximum atomic E-state index is 4.85. The van der Waals surface area contributed by atoms with Crippen LogP contribution in [-0.4, -0.2) is 38.7 Å². The minimum Gasteiger partial charge on any atom is -0.294 e. The summed E-state index contributed by atoms with van der Waals surface area (Å²) in [6.07, 6.45) is 8.31. The predicted molar refractivity (Wildman–Crippen MR) is 107 cm³/mol. The first-order valence-corrected chi connectivity index (χ1v) is 9.80. The molecule has 0 amide bonds. The van der Waals surface area contributed by atoms with Crippen molar-refractivity contribution in [3.63, 3.8) is 0 Å².